The summed E-state index contributed by atoms with van der Waals surface area (Å²) in [6, 6.07) is 8.95. The molecule has 0 bridgehead atoms. The van der Waals surface area contributed by atoms with Gasteiger partial charge in [-0.3, -0.25) is 39.0 Å². The molecule has 17 heteroatoms. The average molecular weight is 737 g/mol. The number of hydrogen-bond donors (Lipinski definition) is 4. The molecular formula is C36H44N6O11. The fourth-order valence-electron chi connectivity index (χ4n) is 5.24. The van der Waals surface area contributed by atoms with Gasteiger partial charge in [-0.25, -0.2) is 9.59 Å². The number of carbonyl (C=O) groups is 7. The van der Waals surface area contributed by atoms with E-state index in [1.54, 1.807) is 38.1 Å². The van der Waals surface area contributed by atoms with Gasteiger partial charge in [0.15, 0.2) is 5.78 Å². The number of imide groups is 1. The average Bonchev–Trinajstić information content (AvgIpc) is 3.43. The summed E-state index contributed by atoms with van der Waals surface area (Å²) in [6.07, 6.45) is 3.61. The molecule has 1 aliphatic rings. The van der Waals surface area contributed by atoms with Gasteiger partial charge in [0.25, 0.3) is 17.5 Å². The Balaban J connectivity index is 1.52. The van der Waals surface area contributed by atoms with Crippen LogP contribution in [0.25, 0.3) is 0 Å². The number of benzene rings is 2. The topological polar surface area (TPSA) is 246 Å². The first kappa shape index (κ1) is 41.3. The Kier molecular flexibility index (Phi) is 16.1. The maximum absolute atomic E-state index is 13.5. The number of nitrogens with one attached hydrogen (secondary N) is 3. The van der Waals surface area contributed by atoms with Gasteiger partial charge in [-0.2, -0.15) is 0 Å². The van der Waals surface area contributed by atoms with Crippen LogP contribution in [0.15, 0.2) is 60.7 Å². The highest BCUT2D eigenvalue weighted by Crippen LogP contribution is 2.18. The van der Waals surface area contributed by atoms with Crippen LogP contribution in [0.4, 0.5) is 15.3 Å². The lowest BCUT2D eigenvalue weighted by molar-refractivity contribution is -0.384. The van der Waals surface area contributed by atoms with E-state index in [2.05, 4.69) is 16.0 Å². The van der Waals surface area contributed by atoms with Gasteiger partial charge in [0.1, 0.15) is 18.4 Å². The molecule has 1 aliphatic heterocycles. The van der Waals surface area contributed by atoms with Gasteiger partial charge in [-0.1, -0.05) is 44.5 Å². The van der Waals surface area contributed by atoms with E-state index in [1.165, 1.54) is 36.4 Å². The number of ketones is 1. The van der Waals surface area contributed by atoms with Crippen molar-refractivity contribution in [3.63, 3.8) is 0 Å². The Morgan fingerprint density at radius 1 is 0.868 bits per heavy atom. The predicted molar refractivity (Wildman–Crippen MR) is 189 cm³/mol. The van der Waals surface area contributed by atoms with Crippen molar-refractivity contribution in [1.82, 2.24) is 20.9 Å². The smallest absolute Gasteiger partial charge is 0.429 e. The highest BCUT2D eigenvalue weighted by molar-refractivity contribution is 6.12. The number of hydrogen-bond acceptors (Lipinski definition) is 11. The summed E-state index contributed by atoms with van der Waals surface area (Å²) in [4.78, 5) is 97.5. The molecule has 0 fully saturated rings. The van der Waals surface area contributed by atoms with Gasteiger partial charge in [0.05, 0.1) is 11.0 Å². The van der Waals surface area contributed by atoms with Gasteiger partial charge in [0, 0.05) is 50.2 Å². The molecule has 0 saturated carbocycles. The van der Waals surface area contributed by atoms with Crippen LogP contribution >= 0.6 is 0 Å². The van der Waals surface area contributed by atoms with E-state index in [4.69, 9.17) is 15.2 Å². The molecule has 5 N–H and O–H groups in total. The summed E-state index contributed by atoms with van der Waals surface area (Å²) in [5.74, 6) is -2.17. The van der Waals surface area contributed by atoms with E-state index in [1.807, 2.05) is 0 Å². The van der Waals surface area contributed by atoms with E-state index in [0.29, 0.717) is 36.8 Å². The van der Waals surface area contributed by atoms with Crippen molar-refractivity contribution in [1.29, 1.82) is 0 Å². The summed E-state index contributed by atoms with van der Waals surface area (Å²) < 4.78 is 10.1. The lowest BCUT2D eigenvalue weighted by Gasteiger charge is -2.25. The number of Topliss-reactive ketones (excluding diaryl/α,β-unsaturated/α-hetero) is 1. The van der Waals surface area contributed by atoms with Gasteiger partial charge < -0.3 is 31.2 Å². The third-order valence-corrected chi connectivity index (χ3v) is 8.13. The molecule has 2 atom stereocenters. The first-order valence-electron chi connectivity index (χ1n) is 17.1. The molecule has 0 spiro atoms. The van der Waals surface area contributed by atoms with Crippen molar-refractivity contribution >= 4 is 47.3 Å². The zero-order valence-electron chi connectivity index (χ0n) is 29.5. The van der Waals surface area contributed by atoms with Crippen LogP contribution in [-0.2, 0) is 41.7 Å². The summed E-state index contributed by atoms with van der Waals surface area (Å²) in [7, 11) is 0. The Morgan fingerprint density at radius 2 is 1.51 bits per heavy atom. The van der Waals surface area contributed by atoms with Crippen LogP contribution < -0.4 is 26.4 Å². The molecule has 53 heavy (non-hydrogen) atoms. The number of nitrogens with two attached hydrogens (primary N) is 1. The van der Waals surface area contributed by atoms with Crippen molar-refractivity contribution < 1.29 is 48.0 Å². The molecule has 2 aromatic carbocycles. The minimum Gasteiger partial charge on any atom is -0.429 e. The molecule has 1 unspecified atom stereocenters. The molecule has 0 radical (unpaired) electrons. The Morgan fingerprint density at radius 3 is 2.11 bits per heavy atom. The highest BCUT2D eigenvalue weighted by Gasteiger charge is 2.29. The first-order chi connectivity index (χ1) is 25.2. The summed E-state index contributed by atoms with van der Waals surface area (Å²) >= 11 is 0. The Labute approximate surface area is 305 Å². The lowest BCUT2D eigenvalue weighted by Crippen LogP contribution is -2.54. The van der Waals surface area contributed by atoms with Gasteiger partial charge in [-0.15, -0.1) is 0 Å². The van der Waals surface area contributed by atoms with Crippen LogP contribution in [0.2, 0.25) is 0 Å². The summed E-state index contributed by atoms with van der Waals surface area (Å²) in [5.41, 5.74) is 6.20. The lowest BCUT2D eigenvalue weighted by atomic mass is 9.97. The summed E-state index contributed by atoms with van der Waals surface area (Å²) in [5, 5.41) is 18.8. The monoisotopic (exact) mass is 736 g/mol. The third-order valence-electron chi connectivity index (χ3n) is 8.13. The molecule has 0 aliphatic carbocycles. The van der Waals surface area contributed by atoms with Crippen LogP contribution in [0.3, 0.4) is 0 Å². The SMILES string of the molecule is CC(C)C(NC(=O)CCCCCN1C(=O)C=CC1=O)C(=O)N[C@@H](CCCNC(N)=O)C(=O)Cc1ccc(COC(=O)Oc2ccc([N+](=O)[O-])cc2)cc1. The molecule has 6 amide bonds. The largest absolute Gasteiger partial charge is 0.514 e. The van der Waals surface area contributed by atoms with Crippen LogP contribution in [0, 0.1) is 16.0 Å². The second kappa shape index (κ2) is 20.7. The van der Waals surface area contributed by atoms with Crippen molar-refractivity contribution in [3.8, 4) is 5.75 Å². The normalized spacial score (nSPS) is 13.3. The number of nitro benzene ring substituents is 1. The number of urea groups is 1. The van der Waals surface area contributed by atoms with Crippen molar-refractivity contribution in [2.45, 2.75) is 77.5 Å². The minimum absolute atomic E-state index is 0.0547. The van der Waals surface area contributed by atoms with E-state index < -0.39 is 35.1 Å². The molecule has 0 aromatic heterocycles. The predicted octanol–water partition coefficient (Wildman–Crippen LogP) is 2.98. The fraction of sp³-hybridized carbons (Fsp3) is 0.417. The quantitative estimate of drug-likeness (QED) is 0.0362. The van der Waals surface area contributed by atoms with Crippen molar-refractivity contribution in [2.75, 3.05) is 13.1 Å². The van der Waals surface area contributed by atoms with E-state index >= 15 is 0 Å². The van der Waals surface area contributed by atoms with Crippen LogP contribution in [-0.4, -0.2) is 76.6 Å². The zero-order valence-corrected chi connectivity index (χ0v) is 29.5. The van der Waals surface area contributed by atoms with Crippen molar-refractivity contribution in [2.24, 2.45) is 11.7 Å². The van der Waals surface area contributed by atoms with E-state index in [0.717, 1.165) is 4.90 Å². The number of amides is 6. The van der Waals surface area contributed by atoms with Crippen LogP contribution in [0.5, 0.6) is 5.75 Å². The number of primary amides is 1. The number of nitro groups is 1. The summed E-state index contributed by atoms with van der Waals surface area (Å²) in [6.45, 7) is 3.81. The minimum atomic E-state index is -1.01. The standard InChI is InChI=1S/C36H44N6O11/c1-23(2)33(40-30(44)8-4-3-5-20-41-31(45)17-18-32(41)46)34(47)39-28(7-6-19-38-35(37)48)29(43)21-24-9-11-25(12-10-24)22-52-36(49)53-27-15-13-26(14-16-27)42(50)51/h9-18,23,28,33H,3-8,19-22H2,1-2H3,(H,39,47)(H,40,44)(H3,37,38,48)/t28-,33?/m0/s1. The Bertz CT molecular complexity index is 1660. The maximum atomic E-state index is 13.5. The molecule has 3 rings (SSSR count). The first-order valence-corrected chi connectivity index (χ1v) is 17.1. The number of non-ortho nitro benzene ring substituents is 1. The maximum Gasteiger partial charge on any atom is 0.514 e. The number of ether oxygens (including phenoxy) is 2. The third kappa shape index (κ3) is 14.2. The van der Waals surface area contributed by atoms with Gasteiger partial charge >= 0.3 is 12.2 Å². The second-order valence-electron chi connectivity index (χ2n) is 12.6. The van der Waals surface area contributed by atoms with Crippen molar-refractivity contribution in [3.05, 3.63) is 81.9 Å². The number of unbranched alkanes of at least 4 members (excludes halogenated alkanes) is 2. The molecule has 17 nitrogen and oxygen atoms in total. The van der Waals surface area contributed by atoms with Gasteiger partial charge in [-0.05, 0) is 54.9 Å². The number of carbonyl (C=O) groups excluding carboxylic acids is 7. The zero-order chi connectivity index (χ0) is 38.9. The Hall–Kier alpha value is -6.13. The molecule has 284 valence electrons. The number of nitrogens with zero attached hydrogens (tertiary/aromatic N) is 2. The number of rotatable bonds is 21. The second-order valence-corrected chi connectivity index (χ2v) is 12.6. The van der Waals surface area contributed by atoms with Gasteiger partial charge in [0.2, 0.25) is 11.8 Å². The van der Waals surface area contributed by atoms with E-state index in [-0.39, 0.29) is 79.8 Å². The highest BCUT2D eigenvalue weighted by atomic mass is 16.7. The fourth-order valence-corrected chi connectivity index (χ4v) is 5.24. The molecule has 2 aromatic rings. The van der Waals surface area contributed by atoms with Crippen LogP contribution in [0.1, 0.15) is 63.5 Å². The molecule has 0 saturated heterocycles. The molecule has 1 heterocycles. The van der Waals surface area contributed by atoms with E-state index in [9.17, 15) is 43.7 Å². The molecular weight excluding hydrogens is 692 g/mol.